The fourth-order valence-corrected chi connectivity index (χ4v) is 4.82. The van der Waals surface area contributed by atoms with Crippen molar-refractivity contribution in [3.05, 3.63) is 94.2 Å². The summed E-state index contributed by atoms with van der Waals surface area (Å²) in [6, 6.07) is 15.3. The standard InChI is InChI=1S/C28H32N6O3S/c1-7-15-33-26(21(5)37-23-14-13-18(2)19(3)16-23)30-31-28(33)38-17-24(35)29-25-20(4)32(6)34(27(25)36)22-11-9-8-10-12-22/h7-14,16,21H,1,15,17H2,2-6H3,(H,29,35). The Morgan fingerprint density at radius 1 is 1.13 bits per heavy atom. The van der Waals surface area contributed by atoms with Crippen molar-refractivity contribution in [2.45, 2.75) is 45.5 Å². The maximum absolute atomic E-state index is 13.1. The highest BCUT2D eigenvalue weighted by molar-refractivity contribution is 7.99. The van der Waals surface area contributed by atoms with Gasteiger partial charge in [-0.3, -0.25) is 18.8 Å². The molecule has 4 aromatic rings. The molecular weight excluding hydrogens is 500 g/mol. The summed E-state index contributed by atoms with van der Waals surface area (Å²) in [6.07, 6.45) is 1.38. The fraction of sp³-hybridized carbons (Fsp3) is 0.286. The highest BCUT2D eigenvalue weighted by atomic mass is 32.2. The number of ether oxygens (including phenoxy) is 1. The number of carbonyl (C=O) groups excluding carboxylic acids is 1. The van der Waals surface area contributed by atoms with Crippen molar-refractivity contribution in [2.75, 3.05) is 11.1 Å². The van der Waals surface area contributed by atoms with Crippen LogP contribution in [-0.2, 0) is 18.4 Å². The van der Waals surface area contributed by atoms with Crippen molar-refractivity contribution < 1.29 is 9.53 Å². The molecule has 1 N–H and O–H groups in total. The van der Waals surface area contributed by atoms with Crippen molar-refractivity contribution in [3.8, 4) is 11.4 Å². The first-order valence-corrected chi connectivity index (χ1v) is 13.2. The molecule has 4 rings (SSSR count). The summed E-state index contributed by atoms with van der Waals surface area (Å²) in [5, 5.41) is 12.0. The molecule has 0 saturated carbocycles. The van der Waals surface area contributed by atoms with E-state index in [4.69, 9.17) is 4.74 Å². The predicted molar refractivity (Wildman–Crippen MR) is 150 cm³/mol. The van der Waals surface area contributed by atoms with E-state index < -0.39 is 0 Å². The number of amides is 1. The van der Waals surface area contributed by atoms with Crippen LogP contribution in [0.2, 0.25) is 0 Å². The quantitative estimate of drug-likeness (QED) is 0.234. The maximum Gasteiger partial charge on any atom is 0.295 e. The second-order valence-corrected chi connectivity index (χ2v) is 9.96. The van der Waals surface area contributed by atoms with Crippen molar-refractivity contribution in [1.82, 2.24) is 24.1 Å². The van der Waals surface area contributed by atoms with Gasteiger partial charge in [0.1, 0.15) is 11.4 Å². The molecule has 0 spiro atoms. The van der Waals surface area contributed by atoms with Gasteiger partial charge >= 0.3 is 0 Å². The van der Waals surface area contributed by atoms with Crippen LogP contribution < -0.4 is 15.6 Å². The van der Waals surface area contributed by atoms with Gasteiger partial charge in [0.05, 0.1) is 17.1 Å². The second-order valence-electron chi connectivity index (χ2n) is 9.02. The van der Waals surface area contributed by atoms with Crippen molar-refractivity contribution in [1.29, 1.82) is 0 Å². The highest BCUT2D eigenvalue weighted by Gasteiger charge is 2.22. The molecule has 0 radical (unpaired) electrons. The minimum absolute atomic E-state index is 0.0563. The molecule has 1 atom stereocenters. The molecule has 0 fully saturated rings. The molecule has 38 heavy (non-hydrogen) atoms. The predicted octanol–water partition coefficient (Wildman–Crippen LogP) is 4.75. The molecule has 9 nitrogen and oxygen atoms in total. The number of rotatable bonds is 10. The molecular formula is C28H32N6O3S. The Hall–Kier alpha value is -4.05. The number of nitrogens with one attached hydrogen (secondary N) is 1. The van der Waals surface area contributed by atoms with Crippen LogP contribution in [0, 0.1) is 20.8 Å². The number of nitrogens with zero attached hydrogens (tertiary/aromatic N) is 5. The first-order chi connectivity index (χ1) is 18.2. The number of aromatic nitrogens is 5. The van der Waals surface area contributed by atoms with E-state index in [2.05, 4.69) is 29.0 Å². The van der Waals surface area contributed by atoms with Crippen molar-refractivity contribution in [3.63, 3.8) is 0 Å². The number of carbonyl (C=O) groups is 1. The van der Waals surface area contributed by atoms with Gasteiger partial charge in [0.2, 0.25) is 5.91 Å². The van der Waals surface area contributed by atoms with E-state index in [1.165, 1.54) is 22.0 Å². The Labute approximate surface area is 226 Å². The molecule has 10 heteroatoms. The largest absolute Gasteiger partial charge is 0.483 e. The first kappa shape index (κ1) is 27.0. The monoisotopic (exact) mass is 532 g/mol. The molecule has 0 aliphatic heterocycles. The number of benzene rings is 2. The number of hydrogen-bond donors (Lipinski definition) is 1. The van der Waals surface area contributed by atoms with E-state index in [0.717, 1.165) is 17.0 Å². The number of para-hydroxylation sites is 1. The topological polar surface area (TPSA) is 96.0 Å². The van der Waals surface area contributed by atoms with E-state index in [1.807, 2.05) is 66.9 Å². The van der Waals surface area contributed by atoms with Gasteiger partial charge in [0.25, 0.3) is 5.56 Å². The normalized spacial score (nSPS) is 11.8. The van der Waals surface area contributed by atoms with Gasteiger partial charge in [0.15, 0.2) is 17.1 Å². The van der Waals surface area contributed by atoms with E-state index >= 15 is 0 Å². The third-order valence-corrected chi connectivity index (χ3v) is 7.33. The maximum atomic E-state index is 13.1. The Kier molecular flexibility index (Phi) is 8.21. The molecule has 1 amide bonds. The lowest BCUT2D eigenvalue weighted by molar-refractivity contribution is -0.113. The number of allylic oxidation sites excluding steroid dienone is 1. The molecule has 2 aromatic heterocycles. The summed E-state index contributed by atoms with van der Waals surface area (Å²) in [7, 11) is 1.79. The summed E-state index contributed by atoms with van der Waals surface area (Å²) < 4.78 is 11.3. The third-order valence-electron chi connectivity index (χ3n) is 6.36. The molecule has 0 aliphatic rings. The zero-order chi connectivity index (χ0) is 27.4. The number of thioether (sulfide) groups is 1. The van der Waals surface area contributed by atoms with Gasteiger partial charge in [-0.1, -0.05) is 42.1 Å². The third kappa shape index (κ3) is 5.60. The molecule has 2 aromatic carbocycles. The van der Waals surface area contributed by atoms with Crippen molar-refractivity contribution >= 4 is 23.4 Å². The minimum atomic E-state index is -0.365. The zero-order valence-corrected chi connectivity index (χ0v) is 23.1. The van der Waals surface area contributed by atoms with Gasteiger partial charge in [-0.05, 0) is 63.1 Å². The molecule has 0 aliphatic carbocycles. The lowest BCUT2D eigenvalue weighted by atomic mass is 10.1. The van der Waals surface area contributed by atoms with Gasteiger partial charge in [-0.25, -0.2) is 4.68 Å². The molecule has 0 saturated heterocycles. The highest BCUT2D eigenvalue weighted by Crippen LogP contribution is 2.26. The van der Waals surface area contributed by atoms with E-state index in [-0.39, 0.29) is 29.0 Å². The van der Waals surface area contributed by atoms with Gasteiger partial charge < -0.3 is 10.1 Å². The van der Waals surface area contributed by atoms with Crippen LogP contribution in [0.15, 0.2) is 71.1 Å². The van der Waals surface area contributed by atoms with Crippen LogP contribution in [0.3, 0.4) is 0 Å². The van der Waals surface area contributed by atoms with E-state index in [9.17, 15) is 9.59 Å². The van der Waals surface area contributed by atoms with Crippen molar-refractivity contribution in [2.24, 2.45) is 7.05 Å². The Bertz CT molecular complexity index is 1520. The van der Waals surface area contributed by atoms with E-state index in [0.29, 0.717) is 23.2 Å². The van der Waals surface area contributed by atoms with Gasteiger partial charge in [-0.2, -0.15) is 0 Å². The Balaban J connectivity index is 1.47. The molecule has 198 valence electrons. The minimum Gasteiger partial charge on any atom is -0.483 e. The van der Waals surface area contributed by atoms with Crippen LogP contribution >= 0.6 is 11.8 Å². The van der Waals surface area contributed by atoms with Crippen LogP contribution in [0.1, 0.15) is 35.7 Å². The number of anilines is 1. The smallest absolute Gasteiger partial charge is 0.295 e. The SMILES string of the molecule is C=CCn1c(SCC(=O)Nc2c(C)n(C)n(-c3ccccc3)c2=O)nnc1C(C)Oc1ccc(C)c(C)c1. The van der Waals surface area contributed by atoms with Gasteiger partial charge in [0, 0.05) is 13.6 Å². The Morgan fingerprint density at radius 2 is 1.87 bits per heavy atom. The zero-order valence-electron chi connectivity index (χ0n) is 22.3. The summed E-state index contributed by atoms with van der Waals surface area (Å²) in [4.78, 5) is 26.0. The van der Waals surface area contributed by atoms with Gasteiger partial charge in [-0.15, -0.1) is 16.8 Å². The number of aryl methyl sites for hydroxylation is 2. The van der Waals surface area contributed by atoms with Crippen LogP contribution in [-0.4, -0.2) is 35.8 Å². The second kappa shape index (κ2) is 11.6. The lowest BCUT2D eigenvalue weighted by Gasteiger charge is -2.16. The lowest BCUT2D eigenvalue weighted by Crippen LogP contribution is -2.23. The summed E-state index contributed by atoms with van der Waals surface area (Å²) in [5.74, 6) is 1.13. The Morgan fingerprint density at radius 3 is 2.55 bits per heavy atom. The number of hydrogen-bond acceptors (Lipinski definition) is 6. The molecule has 0 bridgehead atoms. The van der Waals surface area contributed by atoms with E-state index in [1.54, 1.807) is 24.7 Å². The summed E-state index contributed by atoms with van der Waals surface area (Å²) in [6.45, 7) is 12.1. The average Bonchev–Trinajstić information content (AvgIpc) is 3.39. The van der Waals surface area contributed by atoms with Crippen LogP contribution in [0.5, 0.6) is 5.75 Å². The van der Waals surface area contributed by atoms with Crippen LogP contribution in [0.25, 0.3) is 5.69 Å². The molecule has 2 heterocycles. The fourth-order valence-electron chi connectivity index (χ4n) is 4.07. The molecule has 1 unspecified atom stereocenters. The van der Waals surface area contributed by atoms with Crippen LogP contribution in [0.4, 0.5) is 5.69 Å². The first-order valence-electron chi connectivity index (χ1n) is 12.3. The summed E-state index contributed by atoms with van der Waals surface area (Å²) in [5.41, 5.74) is 3.69. The average molecular weight is 533 g/mol. The summed E-state index contributed by atoms with van der Waals surface area (Å²) >= 11 is 1.24.